The van der Waals surface area contributed by atoms with E-state index in [1.165, 1.54) is 0 Å². The first kappa shape index (κ1) is 15.6. The molecule has 0 bridgehead atoms. The van der Waals surface area contributed by atoms with Crippen LogP contribution in [0.15, 0.2) is 12.1 Å². The maximum atomic E-state index is 12.0. The van der Waals surface area contributed by atoms with Crippen LogP contribution in [-0.4, -0.2) is 39.7 Å². The average molecular weight is 283 g/mol. The minimum absolute atomic E-state index is 0.0554. The fourth-order valence-corrected chi connectivity index (χ4v) is 1.85. The molecule has 0 radical (unpaired) electrons. The number of hydrogen-bond acceptors (Lipinski definition) is 4. The lowest BCUT2D eigenvalue weighted by Gasteiger charge is -2.11. The second-order valence-corrected chi connectivity index (χ2v) is 6.23. The number of nitrogens with zero attached hydrogens (tertiary/aromatic N) is 1. The van der Waals surface area contributed by atoms with Gasteiger partial charge in [-0.25, -0.2) is 4.98 Å². The summed E-state index contributed by atoms with van der Waals surface area (Å²) in [6, 6.07) is 3.46. The molecule has 1 rings (SSSR count). The summed E-state index contributed by atoms with van der Waals surface area (Å²) in [6.07, 6.45) is 1.64. The van der Waals surface area contributed by atoms with Gasteiger partial charge in [0.25, 0.3) is 5.91 Å². The molecule has 0 saturated carbocycles. The molecule has 0 aliphatic rings. The van der Waals surface area contributed by atoms with Gasteiger partial charge in [0.1, 0.15) is 5.82 Å². The largest absolute Gasteiger partial charge is 0.370 e. The Labute approximate surface area is 116 Å². The predicted octanol–water partition coefficient (Wildman–Crippen LogP) is 1.32. The SMILES string of the molecule is CCNc1cc(C(=O)NCC(C)S(C)=O)cc(C)n1. The smallest absolute Gasteiger partial charge is 0.251 e. The third kappa shape index (κ3) is 4.98. The molecule has 19 heavy (non-hydrogen) atoms. The van der Waals surface area contributed by atoms with E-state index in [4.69, 9.17) is 0 Å². The van der Waals surface area contributed by atoms with Gasteiger partial charge >= 0.3 is 0 Å². The third-order valence-electron chi connectivity index (χ3n) is 2.69. The fraction of sp³-hybridized carbons (Fsp3) is 0.538. The van der Waals surface area contributed by atoms with Crippen molar-refractivity contribution in [2.24, 2.45) is 0 Å². The topological polar surface area (TPSA) is 71.1 Å². The number of carbonyl (C=O) groups excluding carboxylic acids is 1. The number of aryl methyl sites for hydroxylation is 1. The number of nitrogens with one attached hydrogen (secondary N) is 2. The summed E-state index contributed by atoms with van der Waals surface area (Å²) in [5, 5.41) is 5.82. The lowest BCUT2D eigenvalue weighted by atomic mass is 10.2. The highest BCUT2D eigenvalue weighted by molar-refractivity contribution is 7.84. The van der Waals surface area contributed by atoms with Gasteiger partial charge in [-0.2, -0.15) is 0 Å². The van der Waals surface area contributed by atoms with Gasteiger partial charge in [0.05, 0.1) is 0 Å². The normalized spacial score (nSPS) is 13.7. The Balaban J connectivity index is 2.73. The van der Waals surface area contributed by atoms with Gasteiger partial charge < -0.3 is 10.6 Å². The van der Waals surface area contributed by atoms with Crippen molar-refractivity contribution in [1.82, 2.24) is 10.3 Å². The molecule has 2 unspecified atom stereocenters. The summed E-state index contributed by atoms with van der Waals surface area (Å²) in [7, 11) is -0.934. The van der Waals surface area contributed by atoms with E-state index in [2.05, 4.69) is 15.6 Å². The standard InChI is InChI=1S/C13H21N3O2S/c1-5-14-12-7-11(6-9(2)16-12)13(17)15-8-10(3)19(4)18/h6-7,10H,5,8H2,1-4H3,(H,14,16)(H,15,17). The number of anilines is 1. The molecule has 1 amide bonds. The van der Waals surface area contributed by atoms with E-state index < -0.39 is 10.8 Å². The zero-order chi connectivity index (χ0) is 14.4. The van der Waals surface area contributed by atoms with Crippen molar-refractivity contribution in [3.8, 4) is 0 Å². The van der Waals surface area contributed by atoms with E-state index in [0.717, 1.165) is 12.2 Å². The molecule has 0 aromatic carbocycles. The number of carbonyl (C=O) groups is 1. The monoisotopic (exact) mass is 283 g/mol. The highest BCUT2D eigenvalue weighted by Crippen LogP contribution is 2.10. The second-order valence-electron chi connectivity index (χ2n) is 4.43. The van der Waals surface area contributed by atoms with Crippen molar-refractivity contribution < 1.29 is 9.00 Å². The van der Waals surface area contributed by atoms with Crippen LogP contribution in [-0.2, 0) is 10.8 Å². The highest BCUT2D eigenvalue weighted by atomic mass is 32.2. The molecule has 6 heteroatoms. The van der Waals surface area contributed by atoms with E-state index >= 15 is 0 Å². The Morgan fingerprint density at radius 1 is 1.47 bits per heavy atom. The summed E-state index contributed by atoms with van der Waals surface area (Å²) >= 11 is 0. The first-order valence-corrected chi connectivity index (χ1v) is 7.89. The molecule has 2 atom stereocenters. The molecule has 0 spiro atoms. The van der Waals surface area contributed by atoms with Crippen molar-refractivity contribution in [1.29, 1.82) is 0 Å². The number of pyridine rings is 1. The van der Waals surface area contributed by atoms with E-state index in [1.54, 1.807) is 18.4 Å². The molecule has 2 N–H and O–H groups in total. The lowest BCUT2D eigenvalue weighted by molar-refractivity contribution is 0.0954. The Morgan fingerprint density at radius 3 is 2.74 bits per heavy atom. The van der Waals surface area contributed by atoms with Gasteiger partial charge in [-0.15, -0.1) is 0 Å². The third-order valence-corrected chi connectivity index (χ3v) is 3.99. The molecule has 0 aliphatic heterocycles. The highest BCUT2D eigenvalue weighted by Gasteiger charge is 2.11. The molecule has 0 aliphatic carbocycles. The minimum Gasteiger partial charge on any atom is -0.370 e. The van der Waals surface area contributed by atoms with Crippen molar-refractivity contribution in [2.75, 3.05) is 24.7 Å². The molecule has 1 aromatic heterocycles. The molecule has 1 heterocycles. The first-order valence-electron chi connectivity index (χ1n) is 6.27. The van der Waals surface area contributed by atoms with Crippen LogP contribution in [0.4, 0.5) is 5.82 Å². The van der Waals surface area contributed by atoms with E-state index in [0.29, 0.717) is 17.9 Å². The molecule has 0 fully saturated rings. The van der Waals surface area contributed by atoms with Gasteiger partial charge in [-0.1, -0.05) is 0 Å². The second kappa shape index (κ2) is 7.23. The number of rotatable bonds is 6. The lowest BCUT2D eigenvalue weighted by Crippen LogP contribution is -2.32. The van der Waals surface area contributed by atoms with Crippen LogP contribution in [0.25, 0.3) is 0 Å². The van der Waals surface area contributed by atoms with Gasteiger partial charge in [0.2, 0.25) is 0 Å². The molecule has 106 valence electrons. The first-order chi connectivity index (χ1) is 8.93. The van der Waals surface area contributed by atoms with Crippen LogP contribution in [0.5, 0.6) is 0 Å². The summed E-state index contributed by atoms with van der Waals surface area (Å²) in [5.41, 5.74) is 1.35. The Morgan fingerprint density at radius 2 is 2.16 bits per heavy atom. The van der Waals surface area contributed by atoms with Crippen LogP contribution < -0.4 is 10.6 Å². The van der Waals surface area contributed by atoms with E-state index in [9.17, 15) is 9.00 Å². The van der Waals surface area contributed by atoms with Crippen molar-refractivity contribution >= 4 is 22.5 Å². The summed E-state index contributed by atoms with van der Waals surface area (Å²) < 4.78 is 11.2. The van der Waals surface area contributed by atoms with Crippen molar-refractivity contribution in [3.05, 3.63) is 23.4 Å². The van der Waals surface area contributed by atoms with Gasteiger partial charge in [0.15, 0.2) is 0 Å². The summed E-state index contributed by atoms with van der Waals surface area (Å²) in [6.45, 7) is 6.82. The average Bonchev–Trinajstić information content (AvgIpc) is 2.35. The summed E-state index contributed by atoms with van der Waals surface area (Å²) in [5.74, 6) is 0.529. The molecular weight excluding hydrogens is 262 g/mol. The zero-order valence-corrected chi connectivity index (χ0v) is 12.6. The Kier molecular flexibility index (Phi) is 5.95. The fourth-order valence-electron chi connectivity index (χ4n) is 1.53. The number of hydrogen-bond donors (Lipinski definition) is 2. The van der Waals surface area contributed by atoms with E-state index in [-0.39, 0.29) is 11.2 Å². The van der Waals surface area contributed by atoms with Crippen LogP contribution in [0.3, 0.4) is 0 Å². The zero-order valence-electron chi connectivity index (χ0n) is 11.8. The van der Waals surface area contributed by atoms with Crippen LogP contribution in [0, 0.1) is 6.92 Å². The molecular formula is C13H21N3O2S. The van der Waals surface area contributed by atoms with Gasteiger partial charge in [-0.3, -0.25) is 9.00 Å². The molecule has 0 saturated heterocycles. The maximum absolute atomic E-state index is 12.0. The van der Waals surface area contributed by atoms with Gasteiger partial charge in [-0.05, 0) is 32.9 Å². The quantitative estimate of drug-likeness (QED) is 0.826. The Hall–Kier alpha value is -1.43. The molecule has 1 aromatic rings. The minimum atomic E-state index is -0.934. The number of amides is 1. The predicted molar refractivity (Wildman–Crippen MR) is 79.0 cm³/mol. The van der Waals surface area contributed by atoms with Crippen LogP contribution in [0.2, 0.25) is 0 Å². The van der Waals surface area contributed by atoms with E-state index in [1.807, 2.05) is 20.8 Å². The van der Waals surface area contributed by atoms with Crippen molar-refractivity contribution in [2.45, 2.75) is 26.0 Å². The van der Waals surface area contributed by atoms with Crippen LogP contribution >= 0.6 is 0 Å². The van der Waals surface area contributed by atoms with Gasteiger partial charge in [0, 0.05) is 46.7 Å². The maximum Gasteiger partial charge on any atom is 0.251 e. The Bertz CT molecular complexity index is 477. The summed E-state index contributed by atoms with van der Waals surface area (Å²) in [4.78, 5) is 16.3. The molecule has 5 nitrogen and oxygen atoms in total. The van der Waals surface area contributed by atoms with Crippen LogP contribution in [0.1, 0.15) is 29.9 Å². The van der Waals surface area contributed by atoms with Crippen molar-refractivity contribution in [3.63, 3.8) is 0 Å². The number of aromatic nitrogens is 1.